The molecule has 1 aliphatic heterocycles. The molecular formula is C29H28N2O6. The lowest BCUT2D eigenvalue weighted by Gasteiger charge is -2.26. The molecule has 1 atom stereocenters. The van der Waals surface area contributed by atoms with E-state index in [0.717, 1.165) is 0 Å². The minimum absolute atomic E-state index is 0.0539. The lowest BCUT2D eigenvalue weighted by atomic mass is 9.95. The van der Waals surface area contributed by atoms with Crippen molar-refractivity contribution in [2.45, 2.75) is 32.9 Å². The van der Waals surface area contributed by atoms with Gasteiger partial charge in [-0.3, -0.25) is 19.3 Å². The van der Waals surface area contributed by atoms with Crippen molar-refractivity contribution in [3.8, 4) is 11.5 Å². The molecule has 0 spiro atoms. The van der Waals surface area contributed by atoms with Gasteiger partial charge in [-0.05, 0) is 61.9 Å². The molecule has 1 fully saturated rings. The Bertz CT molecular complexity index is 1380. The fourth-order valence-electron chi connectivity index (χ4n) is 4.28. The van der Waals surface area contributed by atoms with Crippen LogP contribution < -0.4 is 19.7 Å². The monoisotopic (exact) mass is 500 g/mol. The molecule has 0 aliphatic carbocycles. The number of methoxy groups -OCH3 is 1. The fourth-order valence-corrected chi connectivity index (χ4v) is 4.28. The summed E-state index contributed by atoms with van der Waals surface area (Å²) in [5, 5.41) is 14.1. The number of hydrogen-bond acceptors (Lipinski definition) is 6. The SMILES string of the molecule is COc1ccc(C2/C(=C(\O)c3cccc(OC(C)C)c3)C(=O)C(=O)N2c2cccc(NC(C)=O)c2)cc1. The Morgan fingerprint density at radius 1 is 0.973 bits per heavy atom. The van der Waals surface area contributed by atoms with Crippen LogP contribution in [0.15, 0.2) is 78.4 Å². The number of anilines is 2. The maximum absolute atomic E-state index is 13.4. The molecule has 190 valence electrons. The first kappa shape index (κ1) is 25.5. The highest BCUT2D eigenvalue weighted by Crippen LogP contribution is 2.43. The second-order valence-electron chi connectivity index (χ2n) is 8.87. The van der Waals surface area contributed by atoms with Gasteiger partial charge in [-0.25, -0.2) is 0 Å². The van der Waals surface area contributed by atoms with Gasteiger partial charge in [0.15, 0.2) is 0 Å². The molecular weight excluding hydrogens is 472 g/mol. The zero-order valence-electron chi connectivity index (χ0n) is 21.0. The highest BCUT2D eigenvalue weighted by molar-refractivity contribution is 6.51. The average Bonchev–Trinajstić information content (AvgIpc) is 3.13. The van der Waals surface area contributed by atoms with Crippen LogP contribution in [0.25, 0.3) is 5.76 Å². The van der Waals surface area contributed by atoms with Crippen molar-refractivity contribution in [3.63, 3.8) is 0 Å². The Labute approximate surface area is 215 Å². The predicted octanol–water partition coefficient (Wildman–Crippen LogP) is 5.07. The standard InChI is InChI=1S/C29H28N2O6/c1-17(2)37-24-10-5-7-20(15-24)27(33)25-26(19-11-13-23(36-4)14-12-19)31(29(35)28(25)34)22-9-6-8-21(16-22)30-18(3)32/h5-17,26,33H,1-4H3,(H,30,32)/b27-25+. The van der Waals surface area contributed by atoms with E-state index in [1.807, 2.05) is 13.8 Å². The third-order valence-corrected chi connectivity index (χ3v) is 5.80. The number of benzene rings is 3. The van der Waals surface area contributed by atoms with Crippen LogP contribution in [0.5, 0.6) is 11.5 Å². The molecule has 2 amide bonds. The molecule has 2 N–H and O–H groups in total. The van der Waals surface area contributed by atoms with Crippen molar-refractivity contribution < 1.29 is 29.0 Å². The van der Waals surface area contributed by atoms with Gasteiger partial charge in [-0.1, -0.05) is 30.3 Å². The van der Waals surface area contributed by atoms with Crippen LogP contribution in [0.2, 0.25) is 0 Å². The van der Waals surface area contributed by atoms with Crippen molar-refractivity contribution in [2.75, 3.05) is 17.3 Å². The first-order valence-electron chi connectivity index (χ1n) is 11.8. The fraction of sp³-hybridized carbons (Fsp3) is 0.207. The molecule has 1 aliphatic rings. The van der Waals surface area contributed by atoms with Gasteiger partial charge < -0.3 is 19.9 Å². The van der Waals surface area contributed by atoms with Crippen LogP contribution in [0.1, 0.15) is 37.9 Å². The molecule has 37 heavy (non-hydrogen) atoms. The molecule has 0 radical (unpaired) electrons. The second-order valence-corrected chi connectivity index (χ2v) is 8.87. The lowest BCUT2D eigenvalue weighted by Crippen LogP contribution is -2.29. The van der Waals surface area contributed by atoms with Crippen molar-refractivity contribution >= 4 is 34.7 Å². The number of aliphatic hydroxyl groups is 1. The number of nitrogens with one attached hydrogen (secondary N) is 1. The Balaban J connectivity index is 1.89. The highest BCUT2D eigenvalue weighted by atomic mass is 16.5. The first-order valence-corrected chi connectivity index (χ1v) is 11.8. The van der Waals surface area contributed by atoms with Crippen LogP contribution in [-0.4, -0.2) is 35.9 Å². The van der Waals surface area contributed by atoms with Crippen LogP contribution in [0.4, 0.5) is 11.4 Å². The summed E-state index contributed by atoms with van der Waals surface area (Å²) >= 11 is 0. The van der Waals surface area contributed by atoms with Crippen molar-refractivity contribution in [3.05, 3.63) is 89.5 Å². The number of nitrogens with zero attached hydrogens (tertiary/aromatic N) is 1. The van der Waals surface area contributed by atoms with Gasteiger partial charge in [0.25, 0.3) is 11.7 Å². The number of carbonyl (C=O) groups is 3. The third kappa shape index (κ3) is 5.33. The van der Waals surface area contributed by atoms with E-state index in [1.165, 1.54) is 11.8 Å². The molecule has 3 aromatic carbocycles. The van der Waals surface area contributed by atoms with E-state index in [0.29, 0.717) is 34.0 Å². The smallest absolute Gasteiger partial charge is 0.300 e. The largest absolute Gasteiger partial charge is 0.507 e. The van der Waals surface area contributed by atoms with E-state index >= 15 is 0 Å². The number of Topliss-reactive ketones (excluding diaryl/α,β-unsaturated/α-hetero) is 1. The number of ether oxygens (including phenoxy) is 2. The Hall–Kier alpha value is -4.59. The van der Waals surface area contributed by atoms with Gasteiger partial charge in [-0.15, -0.1) is 0 Å². The lowest BCUT2D eigenvalue weighted by molar-refractivity contribution is -0.132. The summed E-state index contributed by atoms with van der Waals surface area (Å²) in [6, 6.07) is 19.4. The van der Waals surface area contributed by atoms with Crippen LogP contribution in [-0.2, 0) is 14.4 Å². The van der Waals surface area contributed by atoms with Gasteiger partial charge in [0.05, 0.1) is 24.8 Å². The number of hydrogen-bond donors (Lipinski definition) is 2. The highest BCUT2D eigenvalue weighted by Gasteiger charge is 2.47. The number of ketones is 1. The van der Waals surface area contributed by atoms with Crippen molar-refractivity contribution in [1.29, 1.82) is 0 Å². The number of amides is 2. The van der Waals surface area contributed by atoms with Gasteiger partial charge >= 0.3 is 0 Å². The Morgan fingerprint density at radius 2 is 1.68 bits per heavy atom. The number of rotatable bonds is 7. The molecule has 3 aromatic rings. The summed E-state index contributed by atoms with van der Waals surface area (Å²) in [6.45, 7) is 5.15. The van der Waals surface area contributed by atoms with Crippen molar-refractivity contribution in [2.24, 2.45) is 0 Å². The summed E-state index contributed by atoms with van der Waals surface area (Å²) in [5.41, 5.74) is 1.76. The minimum atomic E-state index is -0.923. The number of aliphatic hydroxyl groups excluding tert-OH is 1. The summed E-state index contributed by atoms with van der Waals surface area (Å²) in [4.78, 5) is 39.7. The van der Waals surface area contributed by atoms with E-state index in [2.05, 4.69) is 5.32 Å². The normalized spacial score (nSPS) is 16.7. The summed E-state index contributed by atoms with van der Waals surface area (Å²) in [6.07, 6.45) is -0.0850. The topological polar surface area (TPSA) is 105 Å². The maximum atomic E-state index is 13.4. The first-order chi connectivity index (χ1) is 17.7. The molecule has 1 heterocycles. The van der Waals surface area contributed by atoms with E-state index in [1.54, 1.807) is 79.9 Å². The molecule has 8 nitrogen and oxygen atoms in total. The van der Waals surface area contributed by atoms with E-state index in [4.69, 9.17) is 9.47 Å². The molecule has 1 unspecified atom stereocenters. The second kappa shape index (κ2) is 10.6. The molecule has 1 saturated heterocycles. The van der Waals surface area contributed by atoms with Crippen LogP contribution >= 0.6 is 0 Å². The zero-order chi connectivity index (χ0) is 26.7. The quantitative estimate of drug-likeness (QED) is 0.267. The maximum Gasteiger partial charge on any atom is 0.300 e. The molecule has 0 bridgehead atoms. The van der Waals surface area contributed by atoms with Crippen molar-refractivity contribution in [1.82, 2.24) is 0 Å². The predicted molar refractivity (Wildman–Crippen MR) is 141 cm³/mol. The Kier molecular flexibility index (Phi) is 7.29. The van der Waals surface area contributed by atoms with E-state index in [9.17, 15) is 19.5 Å². The average molecular weight is 501 g/mol. The molecule has 0 saturated carbocycles. The number of carbonyl (C=O) groups excluding carboxylic acids is 3. The third-order valence-electron chi connectivity index (χ3n) is 5.80. The van der Waals surface area contributed by atoms with Gasteiger partial charge in [0.1, 0.15) is 17.3 Å². The summed E-state index contributed by atoms with van der Waals surface area (Å²) in [7, 11) is 1.54. The molecule has 8 heteroatoms. The van der Waals surface area contributed by atoms with Crippen LogP contribution in [0, 0.1) is 0 Å². The molecule has 0 aromatic heterocycles. The van der Waals surface area contributed by atoms with Crippen LogP contribution in [0.3, 0.4) is 0 Å². The van der Waals surface area contributed by atoms with E-state index in [-0.39, 0.29) is 23.3 Å². The van der Waals surface area contributed by atoms with Gasteiger partial charge in [-0.2, -0.15) is 0 Å². The van der Waals surface area contributed by atoms with E-state index < -0.39 is 17.7 Å². The van der Waals surface area contributed by atoms with Gasteiger partial charge in [0.2, 0.25) is 5.91 Å². The molecule has 4 rings (SSSR count). The summed E-state index contributed by atoms with van der Waals surface area (Å²) < 4.78 is 11.0. The zero-order valence-corrected chi connectivity index (χ0v) is 21.0. The minimum Gasteiger partial charge on any atom is -0.507 e. The Morgan fingerprint density at radius 3 is 2.32 bits per heavy atom. The summed E-state index contributed by atoms with van der Waals surface area (Å²) in [5.74, 6) is -1.07. The van der Waals surface area contributed by atoms with Gasteiger partial charge in [0, 0.05) is 23.9 Å².